The average molecular weight is 286 g/mol. The number of nitrogens with zero attached hydrogens (tertiary/aromatic N) is 2. The zero-order valence-electron chi connectivity index (χ0n) is 11.3. The van der Waals surface area contributed by atoms with E-state index in [1.807, 2.05) is 37.4 Å². The molecule has 0 fully saturated rings. The lowest BCUT2D eigenvalue weighted by Gasteiger charge is -2.12. The predicted molar refractivity (Wildman–Crippen MR) is 77.8 cm³/mol. The van der Waals surface area contributed by atoms with Crippen LogP contribution in [0.2, 0.25) is 0 Å². The monoisotopic (exact) mass is 286 g/mol. The van der Waals surface area contributed by atoms with Crippen LogP contribution in [-0.4, -0.2) is 11.2 Å². The molecule has 0 spiro atoms. The summed E-state index contributed by atoms with van der Waals surface area (Å²) >= 11 is 1.58. The third-order valence-electron chi connectivity index (χ3n) is 2.69. The smallest absolute Gasteiger partial charge is 0.292 e. The molecule has 0 radical (unpaired) electrons. The van der Waals surface area contributed by atoms with Crippen molar-refractivity contribution in [2.24, 2.45) is 0 Å². The van der Waals surface area contributed by atoms with E-state index in [2.05, 4.69) is 4.98 Å². The van der Waals surface area contributed by atoms with Crippen molar-refractivity contribution in [2.75, 3.05) is 6.26 Å². The molecule has 0 bridgehead atoms. The molecule has 0 amide bonds. The highest BCUT2D eigenvalue weighted by molar-refractivity contribution is 7.98. The highest BCUT2D eigenvalue weighted by atomic mass is 32.2. The summed E-state index contributed by atoms with van der Waals surface area (Å²) in [7, 11) is 0. The van der Waals surface area contributed by atoms with E-state index in [0.29, 0.717) is 18.2 Å². The van der Waals surface area contributed by atoms with Crippen molar-refractivity contribution >= 4 is 11.8 Å². The van der Waals surface area contributed by atoms with Gasteiger partial charge in [0, 0.05) is 22.2 Å². The number of hydrogen-bond donors (Lipinski definition) is 0. The van der Waals surface area contributed by atoms with Crippen molar-refractivity contribution in [3.8, 4) is 17.9 Å². The Hall–Kier alpha value is -2.19. The van der Waals surface area contributed by atoms with Crippen LogP contribution < -0.4 is 9.47 Å². The highest BCUT2D eigenvalue weighted by Gasteiger charge is 2.11. The summed E-state index contributed by atoms with van der Waals surface area (Å²) in [5, 5.41) is 8.70. The number of benzene rings is 1. The summed E-state index contributed by atoms with van der Waals surface area (Å²) in [5.74, 6) is 1.08. The molecule has 0 aliphatic heterocycles. The molecule has 1 aromatic carbocycles. The van der Waals surface area contributed by atoms with E-state index in [-0.39, 0.29) is 0 Å². The standard InChI is InChI=1S/C15H14N2O2S/c1-11-5-3-8-15(17-11)18-9-12-13(19-10-16)6-4-7-14(12)20-2/h3-8H,9H2,1-2H3. The molecule has 0 unspecified atom stereocenters. The van der Waals surface area contributed by atoms with Crippen molar-refractivity contribution in [1.82, 2.24) is 4.98 Å². The minimum absolute atomic E-state index is 0.310. The fourth-order valence-electron chi connectivity index (χ4n) is 1.77. The Morgan fingerprint density at radius 3 is 2.75 bits per heavy atom. The third kappa shape index (κ3) is 3.43. The van der Waals surface area contributed by atoms with Crippen molar-refractivity contribution in [3.05, 3.63) is 47.7 Å². The zero-order chi connectivity index (χ0) is 14.4. The number of nitriles is 1. The highest BCUT2D eigenvalue weighted by Crippen LogP contribution is 2.29. The van der Waals surface area contributed by atoms with Crippen LogP contribution in [0.1, 0.15) is 11.3 Å². The Kier molecular flexibility index (Phi) is 4.85. The van der Waals surface area contributed by atoms with Gasteiger partial charge in [-0.15, -0.1) is 17.0 Å². The minimum Gasteiger partial charge on any atom is -0.473 e. The molecule has 0 N–H and O–H groups in total. The summed E-state index contributed by atoms with van der Waals surface area (Å²) in [5.41, 5.74) is 1.75. The molecule has 0 aliphatic rings. The van der Waals surface area contributed by atoms with Crippen LogP contribution in [0.5, 0.6) is 11.6 Å². The second kappa shape index (κ2) is 6.83. The fourth-order valence-corrected chi connectivity index (χ4v) is 2.39. The van der Waals surface area contributed by atoms with Gasteiger partial charge < -0.3 is 9.47 Å². The van der Waals surface area contributed by atoms with E-state index in [1.54, 1.807) is 30.1 Å². The van der Waals surface area contributed by atoms with Crippen LogP contribution in [0.4, 0.5) is 0 Å². The topological polar surface area (TPSA) is 55.1 Å². The Morgan fingerprint density at radius 1 is 1.25 bits per heavy atom. The van der Waals surface area contributed by atoms with Crippen LogP contribution in [0, 0.1) is 18.4 Å². The van der Waals surface area contributed by atoms with Crippen molar-refractivity contribution in [2.45, 2.75) is 18.4 Å². The van der Waals surface area contributed by atoms with Gasteiger partial charge in [0.05, 0.1) is 0 Å². The summed E-state index contributed by atoms with van der Waals surface area (Å²) in [6.07, 6.45) is 3.67. The summed E-state index contributed by atoms with van der Waals surface area (Å²) in [4.78, 5) is 5.30. The van der Waals surface area contributed by atoms with Crippen LogP contribution in [0.25, 0.3) is 0 Å². The summed E-state index contributed by atoms with van der Waals surface area (Å²) in [6.45, 7) is 2.22. The molecule has 5 heteroatoms. The number of pyridine rings is 1. The van der Waals surface area contributed by atoms with E-state index < -0.39 is 0 Å². The summed E-state index contributed by atoms with van der Waals surface area (Å²) < 4.78 is 10.7. The first-order valence-corrected chi connectivity index (χ1v) is 7.25. The van der Waals surface area contributed by atoms with Crippen molar-refractivity contribution in [3.63, 3.8) is 0 Å². The first kappa shape index (κ1) is 14.2. The lowest BCUT2D eigenvalue weighted by Crippen LogP contribution is -2.02. The maximum absolute atomic E-state index is 8.70. The molecule has 2 aromatic rings. The minimum atomic E-state index is 0.310. The van der Waals surface area contributed by atoms with Crippen LogP contribution in [-0.2, 0) is 6.61 Å². The second-order valence-corrected chi connectivity index (χ2v) is 4.88. The average Bonchev–Trinajstić information content (AvgIpc) is 2.46. The Balaban J connectivity index is 2.21. The maximum Gasteiger partial charge on any atom is 0.292 e. The number of aryl methyl sites for hydroxylation is 1. The van der Waals surface area contributed by atoms with Gasteiger partial charge in [0.1, 0.15) is 12.4 Å². The van der Waals surface area contributed by atoms with Gasteiger partial charge in [-0.1, -0.05) is 12.1 Å². The number of rotatable bonds is 5. The first-order valence-electron chi connectivity index (χ1n) is 6.03. The fraction of sp³-hybridized carbons (Fsp3) is 0.200. The molecular weight excluding hydrogens is 272 g/mol. The molecule has 0 saturated heterocycles. The van der Waals surface area contributed by atoms with E-state index in [9.17, 15) is 0 Å². The second-order valence-electron chi connectivity index (χ2n) is 4.04. The van der Waals surface area contributed by atoms with Crippen LogP contribution in [0.3, 0.4) is 0 Å². The number of aromatic nitrogens is 1. The van der Waals surface area contributed by atoms with Crippen LogP contribution in [0.15, 0.2) is 41.3 Å². The molecule has 102 valence electrons. The molecule has 4 nitrogen and oxygen atoms in total. The Morgan fingerprint density at radius 2 is 2.05 bits per heavy atom. The van der Waals surface area contributed by atoms with Gasteiger partial charge in [-0.2, -0.15) is 0 Å². The predicted octanol–water partition coefficient (Wildman–Crippen LogP) is 3.55. The summed E-state index contributed by atoms with van der Waals surface area (Å²) in [6, 6.07) is 11.2. The normalized spacial score (nSPS) is 9.85. The zero-order valence-corrected chi connectivity index (χ0v) is 12.1. The van der Waals surface area contributed by atoms with E-state index in [1.165, 1.54) is 0 Å². The molecule has 0 saturated carbocycles. The number of thioether (sulfide) groups is 1. The molecule has 1 heterocycles. The molecular formula is C15H14N2O2S. The van der Waals surface area contributed by atoms with Gasteiger partial charge in [-0.05, 0) is 31.4 Å². The van der Waals surface area contributed by atoms with Gasteiger partial charge >= 0.3 is 0 Å². The number of ether oxygens (including phenoxy) is 2. The maximum atomic E-state index is 8.70. The first-order chi connectivity index (χ1) is 9.74. The van der Waals surface area contributed by atoms with Gasteiger partial charge in [0.25, 0.3) is 6.26 Å². The lowest BCUT2D eigenvalue weighted by atomic mass is 10.2. The Labute approximate surface area is 122 Å². The van der Waals surface area contributed by atoms with Gasteiger partial charge in [-0.3, -0.25) is 0 Å². The van der Waals surface area contributed by atoms with Crippen molar-refractivity contribution < 1.29 is 9.47 Å². The molecule has 1 aromatic heterocycles. The van der Waals surface area contributed by atoms with E-state index in [0.717, 1.165) is 16.2 Å². The quantitative estimate of drug-likeness (QED) is 0.621. The molecule has 20 heavy (non-hydrogen) atoms. The van der Waals surface area contributed by atoms with Gasteiger partial charge in [-0.25, -0.2) is 4.98 Å². The molecule has 0 aliphatic carbocycles. The Bertz CT molecular complexity index is 638. The van der Waals surface area contributed by atoms with Crippen molar-refractivity contribution in [1.29, 1.82) is 5.26 Å². The molecule has 2 rings (SSSR count). The van der Waals surface area contributed by atoms with Gasteiger partial charge in [0.2, 0.25) is 5.88 Å². The molecule has 0 atom stereocenters. The van der Waals surface area contributed by atoms with Gasteiger partial charge in [0.15, 0.2) is 0 Å². The lowest BCUT2D eigenvalue weighted by molar-refractivity contribution is 0.285. The van der Waals surface area contributed by atoms with E-state index in [4.69, 9.17) is 14.7 Å². The largest absolute Gasteiger partial charge is 0.473 e. The van der Waals surface area contributed by atoms with Crippen LogP contribution >= 0.6 is 11.8 Å². The number of hydrogen-bond acceptors (Lipinski definition) is 5. The third-order valence-corrected chi connectivity index (χ3v) is 3.52. The SMILES string of the molecule is CSc1cccc(OC#N)c1COc1cccc(C)n1. The van der Waals surface area contributed by atoms with E-state index >= 15 is 0 Å².